The van der Waals surface area contributed by atoms with Gasteiger partial charge in [0.1, 0.15) is 0 Å². The molecule has 0 saturated heterocycles. The molecule has 0 bridgehead atoms. The summed E-state index contributed by atoms with van der Waals surface area (Å²) < 4.78 is 0. The van der Waals surface area contributed by atoms with Crippen LogP contribution in [0.3, 0.4) is 0 Å². The van der Waals surface area contributed by atoms with Crippen LogP contribution in [0.5, 0.6) is 0 Å². The maximum atomic E-state index is 9.95. The molecule has 274 valence electrons. The first kappa shape index (κ1) is 39.0. The van der Waals surface area contributed by atoms with Crippen LogP contribution >= 0.6 is 34.4 Å². The zero-order chi connectivity index (χ0) is 32.3. The summed E-state index contributed by atoms with van der Waals surface area (Å²) >= 11 is 19.9. The summed E-state index contributed by atoms with van der Waals surface area (Å²) in [6, 6.07) is 12.5. The second kappa shape index (κ2) is 16.7. The van der Waals surface area contributed by atoms with Gasteiger partial charge in [-0.25, -0.2) is 0 Å². The minimum Gasteiger partial charge on any atom is 2.00 e. The van der Waals surface area contributed by atoms with Gasteiger partial charge in [-0.3, -0.25) is 0 Å². The molecule has 0 unspecified atom stereocenters. The van der Waals surface area contributed by atoms with E-state index in [-0.39, 0.29) is 19.5 Å². The molecular weight excluding hydrogens is 750 g/mol. The molecule has 0 atom stereocenters. The van der Waals surface area contributed by atoms with Crippen LogP contribution in [0.15, 0.2) is 30.3 Å². The van der Waals surface area contributed by atoms with Gasteiger partial charge in [0.05, 0.1) is 0 Å². The summed E-state index contributed by atoms with van der Waals surface area (Å²) in [6.45, 7) is 0. The number of hydrogen-bond acceptors (Lipinski definition) is 0. The summed E-state index contributed by atoms with van der Waals surface area (Å²) in [7, 11) is 0. The van der Waals surface area contributed by atoms with Gasteiger partial charge in [-0.2, -0.15) is 0 Å². The Bertz CT molecular complexity index is 956. The third kappa shape index (κ3) is 6.45. The molecule has 0 amide bonds. The first-order chi connectivity index (χ1) is 23.0. The molecule has 0 aliphatic heterocycles. The summed E-state index contributed by atoms with van der Waals surface area (Å²) in [4.78, 5) is 0. The first-order valence-electron chi connectivity index (χ1n) is 21.5. The van der Waals surface area contributed by atoms with Crippen LogP contribution < -0.4 is 0 Å². The Morgan fingerprint density at radius 3 is 0.771 bits per heavy atom. The molecular formula is C43H72Cl2P2Ru+2. The standard InChI is InChI=1S/C43H72Cl2P2.Ru/c44-46(37-24-10-2-11-25-37,38-26-12-3-13-27-38,39-28-14-4-15-29-39)43(36-22-8-1-9-23-36)47(45,40-30-16-5-17-31-40,41-32-18-6-19-33-41)42-34-20-7-21-35-42;/h1,8-9,22-23,37-43H,2-7,10-21,24-35H2;/q;+2. The van der Waals surface area contributed by atoms with Crippen LogP contribution in [0.1, 0.15) is 204 Å². The molecule has 0 spiro atoms. The van der Waals surface area contributed by atoms with E-state index in [1.807, 2.05) is 0 Å². The van der Waals surface area contributed by atoms with Gasteiger partial charge in [0.15, 0.2) is 0 Å². The molecule has 6 saturated carbocycles. The van der Waals surface area contributed by atoms with Gasteiger partial charge in [0, 0.05) is 0 Å². The van der Waals surface area contributed by atoms with Crippen molar-refractivity contribution in [2.45, 2.75) is 232 Å². The van der Waals surface area contributed by atoms with E-state index in [9.17, 15) is 22.5 Å². The van der Waals surface area contributed by atoms with Crippen LogP contribution in [0.25, 0.3) is 0 Å². The second-order valence-electron chi connectivity index (χ2n) is 18.1. The third-order valence-electron chi connectivity index (χ3n) is 16.2. The van der Waals surface area contributed by atoms with Crippen molar-refractivity contribution in [3.63, 3.8) is 0 Å². The van der Waals surface area contributed by atoms with E-state index in [4.69, 9.17) is 0 Å². The Balaban J connectivity index is 0.00000401. The fourth-order valence-corrected chi connectivity index (χ4v) is 46.4. The van der Waals surface area contributed by atoms with Gasteiger partial charge in [0.2, 0.25) is 0 Å². The molecule has 6 aliphatic carbocycles. The van der Waals surface area contributed by atoms with Crippen LogP contribution in [0, 0.1) is 0 Å². The van der Waals surface area contributed by atoms with E-state index < -0.39 is 11.9 Å². The maximum absolute atomic E-state index is 9.95. The number of hydrogen-bond donors (Lipinski definition) is 0. The molecule has 0 nitrogen and oxygen atoms in total. The summed E-state index contributed by atoms with van der Waals surface area (Å²) in [5.74, 6) is -6.16. The van der Waals surface area contributed by atoms with E-state index in [2.05, 4.69) is 30.3 Å². The van der Waals surface area contributed by atoms with Gasteiger partial charge in [-0.1, -0.05) is 0 Å². The number of benzene rings is 1. The van der Waals surface area contributed by atoms with E-state index in [1.54, 1.807) is 5.56 Å². The molecule has 0 aromatic heterocycles. The fourth-order valence-electron chi connectivity index (χ4n) is 14.5. The molecule has 0 N–H and O–H groups in total. The normalized spacial score (nSPS) is 28.4. The van der Waals surface area contributed by atoms with Gasteiger partial charge in [-0.05, 0) is 0 Å². The van der Waals surface area contributed by atoms with Crippen LogP contribution in [0.4, 0.5) is 0 Å². The average molecular weight is 823 g/mol. The molecule has 5 heteroatoms. The summed E-state index contributed by atoms with van der Waals surface area (Å²) in [6.07, 6.45) is 42.7. The van der Waals surface area contributed by atoms with Crippen LogP contribution in [-0.2, 0) is 19.5 Å². The van der Waals surface area contributed by atoms with Crippen molar-refractivity contribution in [1.29, 1.82) is 0 Å². The minimum atomic E-state index is -3.08. The Morgan fingerprint density at radius 2 is 0.562 bits per heavy atom. The second-order valence-corrected chi connectivity index (χ2v) is 33.8. The van der Waals surface area contributed by atoms with Crippen molar-refractivity contribution in [3.05, 3.63) is 35.9 Å². The Labute approximate surface area is 319 Å². The van der Waals surface area contributed by atoms with E-state index in [0.717, 1.165) is 34.0 Å². The van der Waals surface area contributed by atoms with Crippen molar-refractivity contribution in [3.8, 4) is 0 Å². The summed E-state index contributed by atoms with van der Waals surface area (Å²) in [5.41, 5.74) is 6.13. The van der Waals surface area contributed by atoms with Crippen molar-refractivity contribution < 1.29 is 19.5 Å². The molecule has 6 fully saturated rings. The largest absolute Gasteiger partial charge is 2.00 e. The smallest absolute Gasteiger partial charge is 2.00 e. The third-order valence-corrected chi connectivity index (χ3v) is 41.3. The van der Waals surface area contributed by atoms with E-state index in [1.165, 1.54) is 193 Å². The number of halogens is 2. The topological polar surface area (TPSA) is 0 Å². The van der Waals surface area contributed by atoms with Crippen molar-refractivity contribution >= 4 is 34.4 Å². The van der Waals surface area contributed by atoms with Crippen LogP contribution in [-0.4, -0.2) is 34.0 Å². The van der Waals surface area contributed by atoms with E-state index in [0.29, 0.717) is 5.40 Å². The monoisotopic (exact) mass is 822 g/mol. The van der Waals surface area contributed by atoms with Crippen LogP contribution in [0.2, 0.25) is 0 Å². The van der Waals surface area contributed by atoms with Gasteiger partial charge in [0.25, 0.3) is 0 Å². The zero-order valence-electron chi connectivity index (χ0n) is 30.6. The Kier molecular flexibility index (Phi) is 13.6. The molecule has 0 radical (unpaired) electrons. The molecule has 6 aliphatic rings. The zero-order valence-corrected chi connectivity index (χ0v) is 35.7. The molecule has 1 aromatic carbocycles. The molecule has 7 rings (SSSR count). The molecule has 0 heterocycles. The Hall–Kier alpha value is 1.28. The molecule has 1 aromatic rings. The minimum absolute atomic E-state index is 0. The van der Waals surface area contributed by atoms with E-state index >= 15 is 0 Å². The number of rotatable bonds is 9. The Morgan fingerprint density at radius 1 is 0.354 bits per heavy atom. The molecule has 48 heavy (non-hydrogen) atoms. The maximum Gasteiger partial charge on any atom is 2.00 e. The summed E-state index contributed by atoms with van der Waals surface area (Å²) in [5, 5.41) is 0.486. The average Bonchev–Trinajstić information content (AvgIpc) is 3.17. The van der Waals surface area contributed by atoms with Crippen molar-refractivity contribution in [2.75, 3.05) is 0 Å². The van der Waals surface area contributed by atoms with Gasteiger partial charge in [-0.15, -0.1) is 0 Å². The quantitative estimate of drug-likeness (QED) is 0.172. The first-order valence-corrected chi connectivity index (χ1v) is 28.3. The van der Waals surface area contributed by atoms with Crippen molar-refractivity contribution in [1.82, 2.24) is 0 Å². The van der Waals surface area contributed by atoms with Crippen molar-refractivity contribution in [2.24, 2.45) is 0 Å². The fraction of sp³-hybridized carbons (Fsp3) is 0.860. The predicted molar refractivity (Wildman–Crippen MR) is 216 cm³/mol. The van der Waals surface area contributed by atoms with Gasteiger partial charge >= 0.3 is 322 Å². The SMILES string of the molecule is ClP(C1CCCCC1)(C1CCCCC1)(C1CCCCC1)C(c1ccccc1)P(Cl)(C1CCCCC1)(C1CCCCC1)C1CCCCC1.[Ru+2]. The predicted octanol–water partition coefficient (Wildman–Crippen LogP) is 16.1. The van der Waals surface area contributed by atoms with Gasteiger partial charge < -0.3 is 0 Å².